The monoisotopic (exact) mass is 361 g/mol. The molecule has 26 heavy (non-hydrogen) atoms. The Hall–Kier alpha value is -2.77. The number of oxazole rings is 1. The van der Waals surface area contributed by atoms with Crippen LogP contribution in [-0.4, -0.2) is 34.8 Å². The average Bonchev–Trinajstić information content (AvgIpc) is 3.03. The summed E-state index contributed by atoms with van der Waals surface area (Å²) >= 11 is 0. The van der Waals surface area contributed by atoms with Gasteiger partial charge in [-0.05, 0) is 18.6 Å². The smallest absolute Gasteiger partial charge is 0.226 e. The zero-order chi connectivity index (χ0) is 18.3. The first-order valence-corrected chi connectivity index (χ1v) is 8.50. The fraction of sp³-hybridized carbons (Fsp3) is 0.389. The van der Waals surface area contributed by atoms with E-state index in [1.807, 2.05) is 0 Å². The van der Waals surface area contributed by atoms with E-state index in [4.69, 9.17) is 4.42 Å². The second-order valence-electron chi connectivity index (χ2n) is 6.60. The van der Waals surface area contributed by atoms with Gasteiger partial charge in [-0.2, -0.15) is 0 Å². The number of carbonyl (C=O) groups is 2. The first-order valence-electron chi connectivity index (χ1n) is 8.50. The van der Waals surface area contributed by atoms with E-state index in [1.54, 1.807) is 4.90 Å². The normalized spacial score (nSPS) is 19.8. The molecule has 0 spiro atoms. The molecule has 2 aromatic rings. The van der Waals surface area contributed by atoms with E-state index in [0.29, 0.717) is 37.4 Å². The molecule has 2 aliphatic heterocycles. The number of benzene rings is 1. The molecule has 1 N–H and O–H groups in total. The molecule has 1 saturated heterocycles. The Balaban J connectivity index is 1.53. The van der Waals surface area contributed by atoms with Gasteiger partial charge >= 0.3 is 0 Å². The Morgan fingerprint density at radius 3 is 2.77 bits per heavy atom. The van der Waals surface area contributed by atoms with Gasteiger partial charge in [0.05, 0.1) is 6.54 Å². The van der Waals surface area contributed by atoms with Crippen LogP contribution >= 0.6 is 0 Å². The third kappa shape index (κ3) is 3.18. The fourth-order valence-electron chi connectivity index (χ4n) is 3.44. The lowest BCUT2D eigenvalue weighted by Gasteiger charge is -2.30. The van der Waals surface area contributed by atoms with Crippen molar-refractivity contribution >= 4 is 11.8 Å². The maximum absolute atomic E-state index is 13.4. The lowest BCUT2D eigenvalue weighted by atomic mass is 9.95. The van der Waals surface area contributed by atoms with Gasteiger partial charge in [-0.15, -0.1) is 0 Å². The molecule has 1 atom stereocenters. The number of hydrogen-bond acceptors (Lipinski definition) is 4. The van der Waals surface area contributed by atoms with E-state index < -0.39 is 11.6 Å². The van der Waals surface area contributed by atoms with Crippen LogP contribution in [0.5, 0.6) is 0 Å². The minimum atomic E-state index is -0.705. The number of nitrogens with zero attached hydrogens (tertiary/aromatic N) is 2. The molecule has 1 aromatic heterocycles. The number of carbonyl (C=O) groups excluding carboxylic acids is 2. The summed E-state index contributed by atoms with van der Waals surface area (Å²) in [6.45, 7) is 1.25. The predicted octanol–water partition coefficient (Wildman–Crippen LogP) is 2.03. The lowest BCUT2D eigenvalue weighted by molar-refractivity contribution is -0.141. The minimum Gasteiger partial charge on any atom is -0.441 e. The molecule has 4 rings (SSSR count). The van der Waals surface area contributed by atoms with Gasteiger partial charge in [0, 0.05) is 43.5 Å². The standard InChI is InChI=1S/C18H17F2N3O3/c19-12-5-11(6-13(20)8-12)17-22-14-9-23(4-2-15(14)26-17)18(25)10-1-3-21-16(24)7-10/h5-6,8,10H,1-4,7,9H2,(H,21,24). The van der Waals surface area contributed by atoms with E-state index in [1.165, 1.54) is 0 Å². The van der Waals surface area contributed by atoms with Crippen LogP contribution in [0.2, 0.25) is 0 Å². The molecular weight excluding hydrogens is 344 g/mol. The Kier molecular flexibility index (Phi) is 4.18. The van der Waals surface area contributed by atoms with Crippen LogP contribution < -0.4 is 5.32 Å². The second-order valence-corrected chi connectivity index (χ2v) is 6.60. The molecule has 6 nitrogen and oxygen atoms in total. The number of amides is 2. The zero-order valence-electron chi connectivity index (χ0n) is 13.9. The Morgan fingerprint density at radius 2 is 2.04 bits per heavy atom. The van der Waals surface area contributed by atoms with Gasteiger partial charge in [0.2, 0.25) is 17.7 Å². The van der Waals surface area contributed by atoms with E-state index >= 15 is 0 Å². The summed E-state index contributed by atoms with van der Waals surface area (Å²) in [5.41, 5.74) is 0.809. The highest BCUT2D eigenvalue weighted by Crippen LogP contribution is 2.28. The number of fused-ring (bicyclic) bond motifs is 1. The van der Waals surface area contributed by atoms with Crippen LogP contribution in [0.25, 0.3) is 11.5 Å². The molecule has 8 heteroatoms. The summed E-state index contributed by atoms with van der Waals surface area (Å²) in [6.07, 6.45) is 1.31. The third-order valence-corrected chi connectivity index (χ3v) is 4.74. The molecule has 2 aliphatic rings. The van der Waals surface area contributed by atoms with Crippen molar-refractivity contribution in [3.05, 3.63) is 41.3 Å². The first kappa shape index (κ1) is 16.7. The number of rotatable bonds is 2. The third-order valence-electron chi connectivity index (χ3n) is 4.74. The Morgan fingerprint density at radius 1 is 1.27 bits per heavy atom. The molecule has 0 bridgehead atoms. The lowest BCUT2D eigenvalue weighted by Crippen LogP contribution is -2.44. The summed E-state index contributed by atoms with van der Waals surface area (Å²) in [4.78, 5) is 30.2. The van der Waals surface area contributed by atoms with Crippen LogP contribution in [0.1, 0.15) is 24.3 Å². The van der Waals surface area contributed by atoms with Crippen LogP contribution in [0, 0.1) is 17.6 Å². The maximum Gasteiger partial charge on any atom is 0.226 e. The summed E-state index contributed by atoms with van der Waals surface area (Å²) in [5.74, 6) is -1.13. The molecule has 0 saturated carbocycles. The molecule has 1 aromatic carbocycles. The number of aromatic nitrogens is 1. The van der Waals surface area contributed by atoms with Crippen LogP contribution in [0.3, 0.4) is 0 Å². The number of hydrogen-bond donors (Lipinski definition) is 1. The molecular formula is C18H17F2N3O3. The highest BCUT2D eigenvalue weighted by Gasteiger charge is 2.32. The van der Waals surface area contributed by atoms with Gasteiger partial charge in [-0.3, -0.25) is 9.59 Å². The first-order chi connectivity index (χ1) is 12.5. The highest BCUT2D eigenvalue weighted by molar-refractivity contribution is 5.87. The zero-order valence-corrected chi connectivity index (χ0v) is 13.9. The van der Waals surface area contributed by atoms with Crippen molar-refractivity contribution in [3.8, 4) is 11.5 Å². The Bertz CT molecular complexity index is 860. The van der Waals surface area contributed by atoms with Crippen LogP contribution in [-0.2, 0) is 22.6 Å². The quantitative estimate of drug-likeness (QED) is 0.888. The summed E-state index contributed by atoms with van der Waals surface area (Å²) < 4.78 is 32.5. The summed E-state index contributed by atoms with van der Waals surface area (Å²) in [5, 5.41) is 2.72. The molecule has 136 valence electrons. The maximum atomic E-state index is 13.4. The van der Waals surface area contributed by atoms with E-state index in [0.717, 1.165) is 18.2 Å². The molecule has 1 unspecified atom stereocenters. The van der Waals surface area contributed by atoms with Crippen molar-refractivity contribution in [2.45, 2.75) is 25.8 Å². The SMILES string of the molecule is O=C1CC(C(=O)N2CCc3oc(-c4cc(F)cc(F)c4)nc3C2)CCN1. The van der Waals surface area contributed by atoms with Gasteiger partial charge < -0.3 is 14.6 Å². The molecule has 2 amide bonds. The highest BCUT2D eigenvalue weighted by atomic mass is 19.1. The van der Waals surface area contributed by atoms with Crippen molar-refractivity contribution in [3.63, 3.8) is 0 Å². The average molecular weight is 361 g/mol. The molecule has 3 heterocycles. The van der Waals surface area contributed by atoms with E-state index in [9.17, 15) is 18.4 Å². The number of piperidine rings is 1. The summed E-state index contributed by atoms with van der Waals surface area (Å²) in [7, 11) is 0. The molecule has 0 aliphatic carbocycles. The fourth-order valence-corrected chi connectivity index (χ4v) is 3.44. The largest absolute Gasteiger partial charge is 0.441 e. The van der Waals surface area contributed by atoms with Gasteiger partial charge in [-0.25, -0.2) is 13.8 Å². The van der Waals surface area contributed by atoms with Crippen molar-refractivity contribution < 1.29 is 22.8 Å². The topological polar surface area (TPSA) is 75.4 Å². The van der Waals surface area contributed by atoms with Crippen molar-refractivity contribution in [1.82, 2.24) is 15.2 Å². The summed E-state index contributed by atoms with van der Waals surface area (Å²) in [6, 6.07) is 3.10. The van der Waals surface area contributed by atoms with Crippen LogP contribution in [0.15, 0.2) is 22.6 Å². The van der Waals surface area contributed by atoms with Gasteiger partial charge in [-0.1, -0.05) is 0 Å². The predicted molar refractivity (Wildman–Crippen MR) is 86.7 cm³/mol. The van der Waals surface area contributed by atoms with Gasteiger partial charge in [0.1, 0.15) is 23.1 Å². The van der Waals surface area contributed by atoms with E-state index in [2.05, 4.69) is 10.3 Å². The number of nitrogens with one attached hydrogen (secondary N) is 1. The molecule has 0 radical (unpaired) electrons. The van der Waals surface area contributed by atoms with Crippen LogP contribution in [0.4, 0.5) is 8.78 Å². The minimum absolute atomic E-state index is 0.0631. The van der Waals surface area contributed by atoms with Gasteiger partial charge in [0.25, 0.3) is 0 Å². The van der Waals surface area contributed by atoms with Crippen molar-refractivity contribution in [1.29, 1.82) is 0 Å². The molecule has 1 fully saturated rings. The second kappa shape index (κ2) is 6.51. The van der Waals surface area contributed by atoms with Gasteiger partial charge in [0.15, 0.2) is 0 Å². The number of halogens is 2. The Labute approximate surface area is 148 Å². The van der Waals surface area contributed by atoms with Crippen molar-refractivity contribution in [2.75, 3.05) is 13.1 Å². The van der Waals surface area contributed by atoms with Crippen molar-refractivity contribution in [2.24, 2.45) is 5.92 Å². The van der Waals surface area contributed by atoms with E-state index in [-0.39, 0.29) is 42.2 Å².